The van der Waals surface area contributed by atoms with E-state index in [1.54, 1.807) is 12.1 Å². The maximum absolute atomic E-state index is 12.5. The molecule has 0 saturated carbocycles. The Balaban J connectivity index is 2.09. The third-order valence-corrected chi connectivity index (χ3v) is 6.01. The molecule has 2 aromatic carbocycles. The number of nitrogen functional groups attached to an aromatic ring is 1. The van der Waals surface area contributed by atoms with Crippen LogP contribution in [-0.2, 0) is 19.4 Å². The summed E-state index contributed by atoms with van der Waals surface area (Å²) in [4.78, 5) is 12.5. The van der Waals surface area contributed by atoms with Crippen molar-refractivity contribution in [3.05, 3.63) is 77.4 Å². The zero-order chi connectivity index (χ0) is 21.3. The van der Waals surface area contributed by atoms with Crippen molar-refractivity contribution in [3.63, 3.8) is 0 Å². The first-order chi connectivity index (χ1) is 14.6. The molecule has 154 valence electrons. The normalized spacial score (nSPS) is 14.4. The van der Waals surface area contributed by atoms with Crippen molar-refractivity contribution in [2.24, 2.45) is 5.84 Å². The minimum Gasteiger partial charge on any atom is -0.507 e. The maximum atomic E-state index is 12.5. The van der Waals surface area contributed by atoms with E-state index in [0.717, 1.165) is 58.6 Å². The summed E-state index contributed by atoms with van der Waals surface area (Å²) in [5.74, 6) is 5.39. The zero-order valence-electron chi connectivity index (χ0n) is 17.2. The number of fused-ring (bicyclic) bond motifs is 4. The summed E-state index contributed by atoms with van der Waals surface area (Å²) in [6.07, 6.45) is 11.8. The van der Waals surface area contributed by atoms with E-state index in [0.29, 0.717) is 17.9 Å². The minimum atomic E-state index is -0.366. The average Bonchev–Trinajstić information content (AvgIpc) is 3.09. The summed E-state index contributed by atoms with van der Waals surface area (Å²) in [6.45, 7) is 6.37. The molecule has 0 aliphatic heterocycles. The van der Waals surface area contributed by atoms with Gasteiger partial charge in [0.15, 0.2) is 0 Å². The summed E-state index contributed by atoms with van der Waals surface area (Å²) >= 11 is 0. The Morgan fingerprint density at radius 3 is 2.80 bits per heavy atom. The zero-order valence-corrected chi connectivity index (χ0v) is 17.2. The third-order valence-electron chi connectivity index (χ3n) is 6.01. The molecule has 5 nitrogen and oxygen atoms in total. The van der Waals surface area contributed by atoms with Crippen molar-refractivity contribution >= 4 is 27.7 Å². The van der Waals surface area contributed by atoms with Gasteiger partial charge in [0.25, 0.3) is 5.91 Å². The number of hydrogen-bond donors (Lipinski definition) is 3. The SMILES string of the molecule is C=C/C=C\C(=C/C)Cn1c2cccc(C(=O)NN)c2c2c(O)c3c(cc21)CCCC3. The largest absolute Gasteiger partial charge is 0.507 e. The van der Waals surface area contributed by atoms with Crippen LogP contribution in [0.3, 0.4) is 0 Å². The summed E-state index contributed by atoms with van der Waals surface area (Å²) in [6, 6.07) is 7.79. The Bertz CT molecular complexity index is 1210. The lowest BCUT2D eigenvalue weighted by molar-refractivity contribution is 0.0955. The molecule has 5 heteroatoms. The van der Waals surface area contributed by atoms with Gasteiger partial charge in [0.2, 0.25) is 0 Å². The van der Waals surface area contributed by atoms with Crippen LogP contribution < -0.4 is 11.3 Å². The molecule has 1 aliphatic carbocycles. The molecule has 0 unspecified atom stereocenters. The molecule has 30 heavy (non-hydrogen) atoms. The number of aryl methyl sites for hydroxylation is 1. The number of phenols is 1. The molecule has 1 aliphatic rings. The van der Waals surface area contributed by atoms with Crippen molar-refractivity contribution in [2.75, 3.05) is 0 Å². The Morgan fingerprint density at radius 2 is 2.07 bits per heavy atom. The van der Waals surface area contributed by atoms with E-state index in [1.165, 1.54) is 5.56 Å². The predicted octanol–water partition coefficient (Wildman–Crippen LogP) is 4.67. The number of hydrazine groups is 1. The fourth-order valence-electron chi connectivity index (χ4n) is 4.54. The topological polar surface area (TPSA) is 80.3 Å². The van der Waals surface area contributed by atoms with Crippen molar-refractivity contribution < 1.29 is 9.90 Å². The summed E-state index contributed by atoms with van der Waals surface area (Å²) in [7, 11) is 0. The van der Waals surface area contributed by atoms with Crippen LogP contribution in [0.4, 0.5) is 0 Å². The number of rotatable bonds is 5. The third kappa shape index (κ3) is 3.21. The molecule has 1 heterocycles. The van der Waals surface area contributed by atoms with Gasteiger partial charge in [-0.15, -0.1) is 0 Å². The number of aromatic nitrogens is 1. The van der Waals surface area contributed by atoms with Crippen molar-refractivity contribution in [3.8, 4) is 5.75 Å². The highest BCUT2D eigenvalue weighted by Crippen LogP contribution is 2.43. The van der Waals surface area contributed by atoms with Crippen LogP contribution in [0.5, 0.6) is 5.75 Å². The lowest BCUT2D eigenvalue weighted by Gasteiger charge is -2.18. The number of carbonyl (C=O) groups is 1. The van der Waals surface area contributed by atoms with Crippen molar-refractivity contribution in [1.29, 1.82) is 0 Å². The van der Waals surface area contributed by atoms with Crippen LogP contribution in [-0.4, -0.2) is 15.6 Å². The van der Waals surface area contributed by atoms with Gasteiger partial charge >= 0.3 is 0 Å². The number of carbonyl (C=O) groups excluding carboxylic acids is 1. The molecule has 4 N–H and O–H groups in total. The number of amides is 1. The first kappa shape index (κ1) is 20.0. The number of phenolic OH excluding ortho intramolecular Hbond substituents is 1. The summed E-state index contributed by atoms with van der Waals surface area (Å²) < 4.78 is 2.18. The fraction of sp³-hybridized carbons (Fsp3) is 0.240. The van der Waals surface area contributed by atoms with Crippen LogP contribution in [0, 0.1) is 0 Å². The number of nitrogens with zero attached hydrogens (tertiary/aromatic N) is 1. The minimum absolute atomic E-state index is 0.298. The van der Waals surface area contributed by atoms with E-state index >= 15 is 0 Å². The lowest BCUT2D eigenvalue weighted by Crippen LogP contribution is -2.30. The fourth-order valence-corrected chi connectivity index (χ4v) is 4.54. The summed E-state index contributed by atoms with van der Waals surface area (Å²) in [5.41, 5.74) is 7.86. The number of allylic oxidation sites excluding steroid dienone is 5. The van der Waals surface area contributed by atoms with Gasteiger partial charge < -0.3 is 9.67 Å². The molecule has 4 rings (SSSR count). The highest BCUT2D eigenvalue weighted by molar-refractivity contribution is 6.20. The highest BCUT2D eigenvalue weighted by atomic mass is 16.3. The number of hydrogen-bond acceptors (Lipinski definition) is 3. The van der Waals surface area contributed by atoms with E-state index in [9.17, 15) is 9.90 Å². The van der Waals surface area contributed by atoms with Crippen LogP contribution in [0.2, 0.25) is 0 Å². The van der Waals surface area contributed by atoms with Gasteiger partial charge in [0, 0.05) is 11.9 Å². The van der Waals surface area contributed by atoms with Gasteiger partial charge in [0.05, 0.1) is 22.0 Å². The molecule has 1 aromatic heterocycles. The van der Waals surface area contributed by atoms with Gasteiger partial charge in [0.1, 0.15) is 5.75 Å². The second-order valence-corrected chi connectivity index (χ2v) is 7.68. The Morgan fingerprint density at radius 1 is 1.27 bits per heavy atom. The first-order valence-electron chi connectivity index (χ1n) is 10.3. The van der Waals surface area contributed by atoms with Crippen molar-refractivity contribution in [2.45, 2.75) is 39.2 Å². The number of nitrogens with one attached hydrogen (secondary N) is 1. The predicted molar refractivity (Wildman–Crippen MR) is 122 cm³/mol. The monoisotopic (exact) mass is 401 g/mol. The molecular formula is C25H27N3O2. The molecule has 0 bridgehead atoms. The maximum Gasteiger partial charge on any atom is 0.265 e. The molecule has 1 amide bonds. The van der Waals surface area contributed by atoms with E-state index in [4.69, 9.17) is 5.84 Å². The lowest BCUT2D eigenvalue weighted by atomic mass is 9.89. The standard InChI is InChI=1S/C25H27N3O2/c1-3-5-9-16(4-2)15-28-20-13-8-12-19(25(30)27-26)22(20)23-21(28)14-17-10-6-7-11-18(17)24(23)29/h3-5,8-9,12-14,29H,1,6-7,10-11,15,26H2,2H3,(H,27,30)/b9-5-,16-4+. The van der Waals surface area contributed by atoms with Gasteiger partial charge in [-0.2, -0.15) is 0 Å². The number of benzene rings is 2. The molecular weight excluding hydrogens is 374 g/mol. The van der Waals surface area contributed by atoms with Crippen LogP contribution in [0.15, 0.2) is 60.7 Å². The van der Waals surface area contributed by atoms with Crippen LogP contribution in [0.25, 0.3) is 21.8 Å². The summed E-state index contributed by atoms with van der Waals surface area (Å²) in [5, 5.41) is 12.8. The van der Waals surface area contributed by atoms with E-state index in [-0.39, 0.29) is 5.91 Å². The van der Waals surface area contributed by atoms with E-state index < -0.39 is 0 Å². The van der Waals surface area contributed by atoms with Crippen molar-refractivity contribution in [1.82, 2.24) is 9.99 Å². The quantitative estimate of drug-likeness (QED) is 0.251. The first-order valence-corrected chi connectivity index (χ1v) is 10.3. The second kappa shape index (κ2) is 8.20. The molecule has 0 radical (unpaired) electrons. The van der Waals surface area contributed by atoms with Gasteiger partial charge in [-0.25, -0.2) is 5.84 Å². The van der Waals surface area contributed by atoms with Crippen LogP contribution in [0.1, 0.15) is 41.3 Å². The highest BCUT2D eigenvalue weighted by Gasteiger charge is 2.24. The molecule has 0 fully saturated rings. The van der Waals surface area contributed by atoms with E-state index in [1.807, 2.05) is 31.2 Å². The average molecular weight is 402 g/mol. The van der Waals surface area contributed by atoms with E-state index in [2.05, 4.69) is 28.7 Å². The smallest absolute Gasteiger partial charge is 0.265 e. The Hall–Kier alpha value is -3.31. The Labute approximate surface area is 176 Å². The Kier molecular flexibility index (Phi) is 5.46. The van der Waals surface area contributed by atoms with Gasteiger partial charge in [-0.3, -0.25) is 10.2 Å². The number of aromatic hydroxyl groups is 1. The number of nitrogens with two attached hydrogens (primary N) is 1. The van der Waals surface area contributed by atoms with Crippen LogP contribution >= 0.6 is 0 Å². The molecule has 0 atom stereocenters. The van der Waals surface area contributed by atoms with Gasteiger partial charge in [-0.05, 0) is 67.5 Å². The molecule has 0 spiro atoms. The molecule has 0 saturated heterocycles. The van der Waals surface area contributed by atoms with Gasteiger partial charge in [-0.1, -0.05) is 36.9 Å². The molecule has 3 aromatic rings. The second-order valence-electron chi connectivity index (χ2n) is 7.68.